The summed E-state index contributed by atoms with van der Waals surface area (Å²) >= 11 is 0. The number of carbonyl (C=O) groups is 2. The average Bonchev–Trinajstić information content (AvgIpc) is 3.23. The Morgan fingerprint density at radius 2 is 2.00 bits per heavy atom. The van der Waals surface area contributed by atoms with Crippen molar-refractivity contribution in [2.45, 2.75) is 44.7 Å². The van der Waals surface area contributed by atoms with E-state index < -0.39 is 11.5 Å². The predicted octanol–water partition coefficient (Wildman–Crippen LogP) is -0.475. The molecule has 0 bridgehead atoms. The van der Waals surface area contributed by atoms with E-state index in [9.17, 15) is 9.59 Å². The van der Waals surface area contributed by atoms with E-state index in [0.717, 1.165) is 12.8 Å². The maximum Gasteiger partial charge on any atom is 0.242 e. The fourth-order valence-electron chi connectivity index (χ4n) is 2.26. The largest absolute Gasteiger partial charge is 0.381 e. The molecule has 1 unspecified atom stereocenters. The van der Waals surface area contributed by atoms with Crippen LogP contribution in [-0.2, 0) is 14.3 Å². The Balaban J connectivity index is 1.88. The zero-order valence-corrected chi connectivity index (χ0v) is 11.4. The molecule has 1 saturated heterocycles. The van der Waals surface area contributed by atoms with Gasteiger partial charge in [-0.15, -0.1) is 0 Å². The molecule has 4 N–H and O–H groups in total. The van der Waals surface area contributed by atoms with Gasteiger partial charge in [0.25, 0.3) is 0 Å². The highest BCUT2D eigenvalue weighted by atomic mass is 16.5. The monoisotopic (exact) mass is 269 g/mol. The minimum Gasteiger partial charge on any atom is -0.381 e. The van der Waals surface area contributed by atoms with Gasteiger partial charge >= 0.3 is 0 Å². The van der Waals surface area contributed by atoms with Crippen LogP contribution in [0.2, 0.25) is 0 Å². The molecule has 2 amide bonds. The smallest absolute Gasteiger partial charge is 0.242 e. The van der Waals surface area contributed by atoms with E-state index in [4.69, 9.17) is 10.5 Å². The fourth-order valence-corrected chi connectivity index (χ4v) is 2.26. The average molecular weight is 269 g/mol. The van der Waals surface area contributed by atoms with Gasteiger partial charge in [-0.25, -0.2) is 0 Å². The molecule has 0 aromatic rings. The summed E-state index contributed by atoms with van der Waals surface area (Å²) in [6, 6.07) is -0.210. The van der Waals surface area contributed by atoms with Crippen LogP contribution >= 0.6 is 0 Å². The van der Waals surface area contributed by atoms with Gasteiger partial charge in [-0.3, -0.25) is 9.59 Å². The first-order valence-electron chi connectivity index (χ1n) is 6.96. The number of hydrogen-bond acceptors (Lipinski definition) is 4. The van der Waals surface area contributed by atoms with Crippen LogP contribution in [0.1, 0.15) is 32.6 Å². The zero-order chi connectivity index (χ0) is 13.9. The molecule has 0 spiro atoms. The van der Waals surface area contributed by atoms with Gasteiger partial charge < -0.3 is 21.1 Å². The third kappa shape index (κ3) is 3.45. The molecule has 6 heteroatoms. The van der Waals surface area contributed by atoms with Crippen molar-refractivity contribution in [2.75, 3.05) is 19.8 Å². The van der Waals surface area contributed by atoms with Gasteiger partial charge in [0, 0.05) is 25.8 Å². The number of amides is 2. The van der Waals surface area contributed by atoms with Crippen LogP contribution in [-0.4, -0.2) is 43.7 Å². The first kappa shape index (κ1) is 14.3. The summed E-state index contributed by atoms with van der Waals surface area (Å²) < 4.78 is 5.28. The fraction of sp³-hybridized carbons (Fsp3) is 0.846. The normalized spacial score (nSPS) is 23.5. The first-order chi connectivity index (χ1) is 9.07. The summed E-state index contributed by atoms with van der Waals surface area (Å²) in [5.74, 6) is -0.244. The molecule has 2 aliphatic rings. The van der Waals surface area contributed by atoms with Gasteiger partial charge in [0.15, 0.2) is 0 Å². The quantitative estimate of drug-likeness (QED) is 0.629. The van der Waals surface area contributed by atoms with Crippen molar-refractivity contribution in [1.82, 2.24) is 10.6 Å². The van der Waals surface area contributed by atoms with Crippen molar-refractivity contribution in [2.24, 2.45) is 11.1 Å². The molecule has 1 heterocycles. The summed E-state index contributed by atoms with van der Waals surface area (Å²) in [6.45, 7) is 3.10. The zero-order valence-electron chi connectivity index (χ0n) is 11.4. The highest BCUT2D eigenvalue weighted by Crippen LogP contribution is 2.29. The van der Waals surface area contributed by atoms with E-state index in [1.54, 1.807) is 6.92 Å². The van der Waals surface area contributed by atoms with Gasteiger partial charge in [-0.1, -0.05) is 0 Å². The van der Waals surface area contributed by atoms with Crippen molar-refractivity contribution in [3.63, 3.8) is 0 Å². The van der Waals surface area contributed by atoms with Crippen molar-refractivity contribution in [1.29, 1.82) is 0 Å². The lowest BCUT2D eigenvalue weighted by molar-refractivity contribution is -0.139. The van der Waals surface area contributed by atoms with E-state index in [0.29, 0.717) is 38.6 Å². The second kappa shape index (κ2) is 5.88. The third-order valence-electron chi connectivity index (χ3n) is 3.99. The summed E-state index contributed by atoms with van der Waals surface area (Å²) in [7, 11) is 0. The van der Waals surface area contributed by atoms with Crippen LogP contribution in [0.15, 0.2) is 0 Å². The number of nitrogens with two attached hydrogens (primary N) is 1. The Labute approximate surface area is 113 Å². The molecule has 2 rings (SSSR count). The molecular weight excluding hydrogens is 246 g/mol. The van der Waals surface area contributed by atoms with Gasteiger partial charge in [0.05, 0.1) is 5.41 Å². The van der Waals surface area contributed by atoms with Crippen LogP contribution in [0.25, 0.3) is 0 Å². The molecule has 19 heavy (non-hydrogen) atoms. The number of carbonyl (C=O) groups excluding carboxylic acids is 2. The lowest BCUT2D eigenvalue weighted by atomic mass is 9.79. The number of ether oxygens (including phenoxy) is 1. The molecule has 1 atom stereocenters. The topological polar surface area (TPSA) is 93.5 Å². The van der Waals surface area contributed by atoms with Gasteiger partial charge in [-0.2, -0.15) is 0 Å². The second-order valence-corrected chi connectivity index (χ2v) is 5.57. The van der Waals surface area contributed by atoms with Crippen molar-refractivity contribution in [3.8, 4) is 0 Å². The maximum atomic E-state index is 12.3. The van der Waals surface area contributed by atoms with Crippen LogP contribution in [0.4, 0.5) is 0 Å². The minimum atomic E-state index is -0.577. The molecule has 0 aromatic heterocycles. The number of hydrogen-bond donors (Lipinski definition) is 3. The Bertz CT molecular complexity index is 349. The highest BCUT2D eigenvalue weighted by Gasteiger charge is 2.40. The summed E-state index contributed by atoms with van der Waals surface area (Å²) in [5, 5.41) is 5.67. The molecule has 0 radical (unpaired) electrons. The van der Waals surface area contributed by atoms with Crippen LogP contribution in [0.3, 0.4) is 0 Å². The summed E-state index contributed by atoms with van der Waals surface area (Å²) in [5.41, 5.74) is 5.19. The van der Waals surface area contributed by atoms with Crippen molar-refractivity contribution >= 4 is 11.8 Å². The number of nitrogens with one attached hydrogen (secondary N) is 2. The minimum absolute atomic E-state index is 0.116. The molecular formula is C13H23N3O3. The summed E-state index contributed by atoms with van der Waals surface area (Å²) in [6.07, 6.45) is 3.31. The molecule has 1 aliphatic carbocycles. The van der Waals surface area contributed by atoms with E-state index >= 15 is 0 Å². The molecule has 108 valence electrons. The van der Waals surface area contributed by atoms with Crippen molar-refractivity contribution < 1.29 is 14.3 Å². The van der Waals surface area contributed by atoms with Crippen LogP contribution in [0.5, 0.6) is 0 Å². The number of rotatable bonds is 5. The second-order valence-electron chi connectivity index (χ2n) is 5.57. The molecule has 1 saturated carbocycles. The van der Waals surface area contributed by atoms with E-state index in [2.05, 4.69) is 10.6 Å². The van der Waals surface area contributed by atoms with E-state index in [1.165, 1.54) is 0 Å². The van der Waals surface area contributed by atoms with E-state index in [-0.39, 0.29) is 11.8 Å². The maximum absolute atomic E-state index is 12.3. The molecule has 1 aliphatic heterocycles. The predicted molar refractivity (Wildman–Crippen MR) is 70.3 cm³/mol. The van der Waals surface area contributed by atoms with Gasteiger partial charge in [-0.05, 0) is 32.6 Å². The standard InChI is InChI=1S/C13H23N3O3/c1-9(11(17)16-10-2-3-10)15-12(18)13(8-14)4-6-19-7-5-13/h9-10H,2-8,14H2,1H3,(H,15,18)(H,16,17). The van der Waals surface area contributed by atoms with Crippen LogP contribution < -0.4 is 16.4 Å². The van der Waals surface area contributed by atoms with Crippen molar-refractivity contribution in [3.05, 3.63) is 0 Å². The molecule has 6 nitrogen and oxygen atoms in total. The van der Waals surface area contributed by atoms with Gasteiger partial charge in [0.1, 0.15) is 6.04 Å². The first-order valence-corrected chi connectivity index (χ1v) is 6.96. The Morgan fingerprint density at radius 1 is 1.37 bits per heavy atom. The Hall–Kier alpha value is -1.14. The van der Waals surface area contributed by atoms with Gasteiger partial charge in [0.2, 0.25) is 11.8 Å². The van der Waals surface area contributed by atoms with E-state index in [1.807, 2.05) is 0 Å². The van der Waals surface area contributed by atoms with Crippen LogP contribution in [0, 0.1) is 5.41 Å². The highest BCUT2D eigenvalue weighted by molar-refractivity contribution is 5.90. The molecule has 2 fully saturated rings. The molecule has 0 aromatic carbocycles. The Kier molecular flexibility index (Phi) is 4.42. The SMILES string of the molecule is CC(NC(=O)C1(CN)CCOCC1)C(=O)NC1CC1. The Morgan fingerprint density at radius 3 is 2.53 bits per heavy atom. The third-order valence-corrected chi connectivity index (χ3v) is 3.99. The summed E-state index contributed by atoms with van der Waals surface area (Å²) in [4.78, 5) is 24.2. The lowest BCUT2D eigenvalue weighted by Gasteiger charge is -2.35. The lowest BCUT2D eigenvalue weighted by Crippen LogP contribution is -2.54.